The molecule has 2 aliphatic heterocycles. The summed E-state index contributed by atoms with van der Waals surface area (Å²) in [6.07, 6.45) is 4.33. The topological polar surface area (TPSA) is 73.1 Å². The molecule has 104 valence electrons. The number of rotatable bonds is 1. The number of tetrazole rings is 1. The molecule has 2 bridgehead atoms. The van der Waals surface area contributed by atoms with Gasteiger partial charge in [-0.25, -0.2) is 9.48 Å². The molecule has 3 fully saturated rings. The molecule has 0 aromatic carbocycles. The first-order chi connectivity index (χ1) is 8.94. The van der Waals surface area contributed by atoms with E-state index in [0.29, 0.717) is 6.04 Å². The summed E-state index contributed by atoms with van der Waals surface area (Å²) in [5, 5.41) is 11.3. The molecule has 1 saturated carbocycles. The van der Waals surface area contributed by atoms with Gasteiger partial charge in [0, 0.05) is 12.1 Å². The van der Waals surface area contributed by atoms with Crippen LogP contribution in [0.2, 0.25) is 0 Å². The van der Waals surface area contributed by atoms with Crippen molar-refractivity contribution in [2.75, 3.05) is 0 Å². The Morgan fingerprint density at radius 1 is 1.21 bits per heavy atom. The van der Waals surface area contributed by atoms with Crippen LogP contribution in [0.25, 0.3) is 0 Å². The number of hydrogen-bond acceptors (Lipinski definition) is 5. The first-order valence-electron chi connectivity index (χ1n) is 6.68. The van der Waals surface area contributed by atoms with Crippen molar-refractivity contribution in [3.63, 3.8) is 0 Å². The largest absolute Gasteiger partial charge is 0.444 e. The Balaban J connectivity index is 1.63. The Morgan fingerprint density at radius 3 is 2.37 bits per heavy atom. The van der Waals surface area contributed by atoms with Gasteiger partial charge in [0.2, 0.25) is 0 Å². The lowest BCUT2D eigenvalue weighted by Crippen LogP contribution is -2.63. The number of hydrogen-bond donors (Lipinski definition) is 0. The summed E-state index contributed by atoms with van der Waals surface area (Å²) >= 11 is 0. The molecular formula is C12H19N5O2. The Hall–Kier alpha value is -1.66. The normalized spacial score (nSPS) is 29.8. The van der Waals surface area contributed by atoms with Crippen LogP contribution in [0.4, 0.5) is 4.79 Å². The van der Waals surface area contributed by atoms with Gasteiger partial charge >= 0.3 is 6.09 Å². The van der Waals surface area contributed by atoms with Crippen molar-refractivity contribution >= 4 is 6.09 Å². The van der Waals surface area contributed by atoms with Gasteiger partial charge in [-0.05, 0) is 50.5 Å². The molecule has 1 amide bonds. The van der Waals surface area contributed by atoms with Crippen molar-refractivity contribution in [1.82, 2.24) is 25.1 Å². The number of nitrogens with zero attached hydrogens (tertiary/aromatic N) is 5. The van der Waals surface area contributed by atoms with E-state index >= 15 is 0 Å². The molecule has 3 aliphatic rings. The summed E-state index contributed by atoms with van der Waals surface area (Å²) < 4.78 is 7.24. The Bertz CT molecular complexity index is 455. The Kier molecular flexibility index (Phi) is 2.72. The van der Waals surface area contributed by atoms with Gasteiger partial charge in [-0.3, -0.25) is 0 Å². The highest BCUT2D eigenvalue weighted by Crippen LogP contribution is 2.43. The molecule has 2 atom stereocenters. The number of carbonyl (C=O) groups excluding carboxylic acids is 1. The average Bonchev–Trinajstić information content (AvgIpc) is 2.79. The van der Waals surface area contributed by atoms with Crippen LogP contribution in [0.1, 0.15) is 46.1 Å². The van der Waals surface area contributed by atoms with Gasteiger partial charge in [-0.2, -0.15) is 0 Å². The van der Waals surface area contributed by atoms with Gasteiger partial charge in [-0.1, -0.05) is 0 Å². The third kappa shape index (κ3) is 2.29. The van der Waals surface area contributed by atoms with Crippen LogP contribution in [0.15, 0.2) is 6.33 Å². The predicted octanol–water partition coefficient (Wildman–Crippen LogP) is 1.39. The molecule has 7 heteroatoms. The second-order valence-corrected chi connectivity index (χ2v) is 6.35. The minimum Gasteiger partial charge on any atom is -0.444 e. The molecule has 0 N–H and O–H groups in total. The van der Waals surface area contributed by atoms with E-state index in [1.54, 1.807) is 11.0 Å². The smallest absolute Gasteiger partial charge is 0.410 e. The molecule has 4 rings (SSSR count). The minimum atomic E-state index is -0.434. The van der Waals surface area contributed by atoms with Gasteiger partial charge in [0.15, 0.2) is 0 Å². The van der Waals surface area contributed by atoms with Crippen LogP contribution in [0.5, 0.6) is 0 Å². The molecule has 0 radical (unpaired) electrons. The Morgan fingerprint density at radius 2 is 1.84 bits per heavy atom. The maximum absolute atomic E-state index is 12.1. The monoisotopic (exact) mass is 265 g/mol. The SMILES string of the molecule is CC(C)(C)OC(=O)N1C2CC1CC(n1cnnn1)C2. The molecule has 19 heavy (non-hydrogen) atoms. The van der Waals surface area contributed by atoms with Gasteiger partial charge in [-0.15, -0.1) is 5.10 Å². The molecule has 1 aromatic heterocycles. The maximum atomic E-state index is 12.1. The van der Waals surface area contributed by atoms with Gasteiger partial charge in [0.25, 0.3) is 0 Å². The highest BCUT2D eigenvalue weighted by atomic mass is 16.6. The first kappa shape index (κ1) is 12.4. The molecule has 0 spiro atoms. The summed E-state index contributed by atoms with van der Waals surface area (Å²) in [4.78, 5) is 14.0. The molecule has 2 saturated heterocycles. The van der Waals surface area contributed by atoms with Crippen LogP contribution in [-0.2, 0) is 4.74 Å². The van der Waals surface area contributed by atoms with Crippen LogP contribution in [-0.4, -0.2) is 48.9 Å². The van der Waals surface area contributed by atoms with Crippen molar-refractivity contribution in [1.29, 1.82) is 0 Å². The van der Waals surface area contributed by atoms with Gasteiger partial charge in [0.05, 0.1) is 6.04 Å². The van der Waals surface area contributed by atoms with Gasteiger partial charge in [0.1, 0.15) is 11.9 Å². The lowest BCUT2D eigenvalue weighted by molar-refractivity contribution is -0.0645. The number of amides is 1. The lowest BCUT2D eigenvalue weighted by atomic mass is 9.77. The molecule has 1 aromatic rings. The zero-order valence-electron chi connectivity index (χ0n) is 11.5. The standard InChI is InChI=1S/C12H19N5O2/c1-12(2,3)19-11(18)17-9-4-8(5-10(17)6-9)16-7-13-14-15-16/h7-10H,4-6H2,1-3H3. The highest BCUT2D eigenvalue weighted by molar-refractivity contribution is 5.70. The maximum Gasteiger partial charge on any atom is 0.410 e. The molecule has 1 aliphatic carbocycles. The van der Waals surface area contributed by atoms with E-state index < -0.39 is 5.60 Å². The average molecular weight is 265 g/mol. The summed E-state index contributed by atoms with van der Waals surface area (Å²) in [6.45, 7) is 5.68. The van der Waals surface area contributed by atoms with E-state index in [4.69, 9.17) is 4.74 Å². The summed E-state index contributed by atoms with van der Waals surface area (Å²) in [6, 6.07) is 0.836. The Labute approximate surface area is 111 Å². The molecule has 2 unspecified atom stereocenters. The van der Waals surface area contributed by atoms with Crippen molar-refractivity contribution in [3.05, 3.63) is 6.33 Å². The number of ether oxygens (including phenoxy) is 1. The van der Waals surface area contributed by atoms with Crippen LogP contribution in [0.3, 0.4) is 0 Å². The van der Waals surface area contributed by atoms with Crippen LogP contribution >= 0.6 is 0 Å². The number of aromatic nitrogens is 4. The summed E-state index contributed by atoms with van der Waals surface area (Å²) in [5.41, 5.74) is -0.434. The fraction of sp³-hybridized carbons (Fsp3) is 0.833. The second-order valence-electron chi connectivity index (χ2n) is 6.35. The van der Waals surface area contributed by atoms with Crippen molar-refractivity contribution in [2.45, 2.75) is 63.8 Å². The van der Waals surface area contributed by atoms with Crippen LogP contribution < -0.4 is 0 Å². The van der Waals surface area contributed by atoms with E-state index in [1.807, 2.05) is 25.7 Å². The third-order valence-corrected chi connectivity index (χ3v) is 3.76. The zero-order valence-corrected chi connectivity index (χ0v) is 11.5. The fourth-order valence-corrected chi connectivity index (χ4v) is 3.01. The zero-order chi connectivity index (χ0) is 13.6. The molecular weight excluding hydrogens is 246 g/mol. The molecule has 7 nitrogen and oxygen atoms in total. The summed E-state index contributed by atoms with van der Waals surface area (Å²) in [5.74, 6) is 0. The van der Waals surface area contributed by atoms with Crippen molar-refractivity contribution in [3.8, 4) is 0 Å². The van der Waals surface area contributed by atoms with Crippen LogP contribution in [0, 0.1) is 0 Å². The first-order valence-corrected chi connectivity index (χ1v) is 6.68. The van der Waals surface area contributed by atoms with E-state index in [9.17, 15) is 4.79 Å². The number of piperidine rings is 1. The van der Waals surface area contributed by atoms with E-state index in [-0.39, 0.29) is 18.2 Å². The van der Waals surface area contributed by atoms with E-state index in [2.05, 4.69) is 15.5 Å². The fourth-order valence-electron chi connectivity index (χ4n) is 3.01. The lowest BCUT2D eigenvalue weighted by Gasteiger charge is -2.54. The van der Waals surface area contributed by atoms with Crippen molar-refractivity contribution < 1.29 is 9.53 Å². The van der Waals surface area contributed by atoms with E-state index in [0.717, 1.165) is 19.3 Å². The minimum absolute atomic E-state index is 0.191. The number of fused-ring (bicyclic) bond motifs is 2. The highest BCUT2D eigenvalue weighted by Gasteiger charge is 2.49. The van der Waals surface area contributed by atoms with Gasteiger partial charge < -0.3 is 9.64 Å². The quantitative estimate of drug-likeness (QED) is 0.767. The molecule has 3 heterocycles. The second kappa shape index (κ2) is 4.18. The summed E-state index contributed by atoms with van der Waals surface area (Å²) in [7, 11) is 0. The van der Waals surface area contributed by atoms with Crippen molar-refractivity contribution in [2.24, 2.45) is 0 Å². The predicted molar refractivity (Wildman–Crippen MR) is 66.4 cm³/mol. The number of carbonyl (C=O) groups is 1. The van der Waals surface area contributed by atoms with E-state index in [1.165, 1.54) is 0 Å². The third-order valence-electron chi connectivity index (χ3n) is 3.76.